The van der Waals surface area contributed by atoms with Crippen molar-refractivity contribution in [1.82, 2.24) is 10.7 Å². The van der Waals surface area contributed by atoms with Gasteiger partial charge >= 0.3 is 0 Å². The van der Waals surface area contributed by atoms with Crippen LogP contribution >= 0.6 is 23.6 Å². The summed E-state index contributed by atoms with van der Waals surface area (Å²) in [4.78, 5) is 1.17. The average molecular weight is 281 g/mol. The van der Waals surface area contributed by atoms with Gasteiger partial charge < -0.3 is 5.32 Å². The van der Waals surface area contributed by atoms with Gasteiger partial charge in [0.15, 0.2) is 5.11 Å². The lowest BCUT2D eigenvalue weighted by Crippen LogP contribution is -2.41. The topological polar surface area (TPSA) is 36.4 Å². The smallest absolute Gasteiger partial charge is 0.187 e. The van der Waals surface area contributed by atoms with Gasteiger partial charge in [0.05, 0.1) is 5.71 Å². The Balaban J connectivity index is 1.78. The highest BCUT2D eigenvalue weighted by atomic mass is 32.1. The molecule has 1 heterocycles. The molecule has 3 nitrogen and oxygen atoms in total. The van der Waals surface area contributed by atoms with E-state index in [9.17, 15) is 0 Å². The fourth-order valence-corrected chi connectivity index (χ4v) is 3.03. The molecule has 1 aliphatic carbocycles. The molecule has 0 saturated heterocycles. The third-order valence-corrected chi connectivity index (χ3v) is 4.33. The Morgan fingerprint density at radius 2 is 2.17 bits per heavy atom. The molecule has 0 aromatic carbocycles. The van der Waals surface area contributed by atoms with Gasteiger partial charge in [-0.05, 0) is 43.4 Å². The number of hydrazone groups is 1. The Morgan fingerprint density at radius 3 is 2.83 bits per heavy atom. The molecule has 18 heavy (non-hydrogen) atoms. The molecule has 5 heteroatoms. The molecular formula is C13H19N3S2. The van der Waals surface area contributed by atoms with Gasteiger partial charge in [-0.2, -0.15) is 5.10 Å². The second-order valence-electron chi connectivity index (χ2n) is 4.59. The minimum absolute atomic E-state index is 0.524. The van der Waals surface area contributed by atoms with Crippen LogP contribution in [0.15, 0.2) is 22.6 Å². The maximum Gasteiger partial charge on any atom is 0.187 e. The first-order chi connectivity index (χ1) is 8.75. The van der Waals surface area contributed by atoms with E-state index >= 15 is 0 Å². The Morgan fingerprint density at radius 1 is 1.39 bits per heavy atom. The van der Waals surface area contributed by atoms with Crippen LogP contribution in [-0.2, 0) is 0 Å². The molecule has 0 bridgehead atoms. The second-order valence-corrected chi connectivity index (χ2v) is 5.95. The zero-order chi connectivity index (χ0) is 12.8. The van der Waals surface area contributed by atoms with Crippen molar-refractivity contribution < 1.29 is 0 Å². The van der Waals surface area contributed by atoms with E-state index in [1.165, 1.54) is 37.0 Å². The van der Waals surface area contributed by atoms with Crippen LogP contribution in [0.2, 0.25) is 0 Å². The van der Waals surface area contributed by atoms with Gasteiger partial charge in [0, 0.05) is 10.9 Å². The molecule has 0 radical (unpaired) electrons. The van der Waals surface area contributed by atoms with Crippen LogP contribution in [-0.4, -0.2) is 16.9 Å². The summed E-state index contributed by atoms with van der Waals surface area (Å²) in [7, 11) is 0. The summed E-state index contributed by atoms with van der Waals surface area (Å²) < 4.78 is 0. The predicted molar refractivity (Wildman–Crippen MR) is 82.3 cm³/mol. The maximum absolute atomic E-state index is 5.26. The first-order valence-corrected chi connectivity index (χ1v) is 7.69. The molecule has 1 aliphatic rings. The molecular weight excluding hydrogens is 262 g/mol. The number of nitrogens with one attached hydrogen (secondary N) is 2. The van der Waals surface area contributed by atoms with Gasteiger partial charge in [-0.25, -0.2) is 0 Å². The monoisotopic (exact) mass is 281 g/mol. The van der Waals surface area contributed by atoms with E-state index in [0.29, 0.717) is 11.2 Å². The minimum Gasteiger partial charge on any atom is -0.359 e. The van der Waals surface area contributed by atoms with Gasteiger partial charge in [-0.1, -0.05) is 25.3 Å². The quantitative estimate of drug-likeness (QED) is 0.507. The summed E-state index contributed by atoms with van der Waals surface area (Å²) in [5.41, 5.74) is 3.90. The third kappa shape index (κ3) is 4.07. The molecule has 0 spiro atoms. The summed E-state index contributed by atoms with van der Waals surface area (Å²) in [5.74, 6) is 0. The minimum atomic E-state index is 0.524. The number of hydrogen-bond donors (Lipinski definition) is 2. The Kier molecular flexibility index (Phi) is 5.13. The van der Waals surface area contributed by atoms with Crippen LogP contribution in [0, 0.1) is 0 Å². The molecule has 98 valence electrons. The van der Waals surface area contributed by atoms with Crippen molar-refractivity contribution in [1.29, 1.82) is 0 Å². The Labute approximate surface area is 118 Å². The van der Waals surface area contributed by atoms with Gasteiger partial charge in [-0.3, -0.25) is 5.43 Å². The summed E-state index contributed by atoms with van der Waals surface area (Å²) in [5, 5.41) is 10.3. The van der Waals surface area contributed by atoms with Crippen LogP contribution < -0.4 is 10.7 Å². The molecule has 2 N–H and O–H groups in total. The van der Waals surface area contributed by atoms with E-state index in [1.54, 1.807) is 11.3 Å². The summed E-state index contributed by atoms with van der Waals surface area (Å²) in [6, 6.07) is 4.61. The van der Waals surface area contributed by atoms with Crippen molar-refractivity contribution in [2.45, 2.75) is 45.1 Å². The highest BCUT2D eigenvalue weighted by molar-refractivity contribution is 7.80. The fourth-order valence-electron chi connectivity index (χ4n) is 2.14. The number of nitrogens with zero attached hydrogens (tertiary/aromatic N) is 1. The zero-order valence-corrected chi connectivity index (χ0v) is 12.2. The van der Waals surface area contributed by atoms with Gasteiger partial charge in [0.1, 0.15) is 0 Å². The largest absolute Gasteiger partial charge is 0.359 e. The molecule has 1 saturated carbocycles. The van der Waals surface area contributed by atoms with Gasteiger partial charge in [0.2, 0.25) is 0 Å². The fraction of sp³-hybridized carbons (Fsp3) is 0.538. The summed E-state index contributed by atoms with van der Waals surface area (Å²) in [6.45, 7) is 1.99. The lowest BCUT2D eigenvalue weighted by atomic mass is 9.96. The Bertz CT molecular complexity index is 406. The van der Waals surface area contributed by atoms with Crippen molar-refractivity contribution in [2.24, 2.45) is 5.10 Å². The van der Waals surface area contributed by atoms with Gasteiger partial charge in [-0.15, -0.1) is 11.3 Å². The molecule has 0 atom stereocenters. The van der Waals surface area contributed by atoms with E-state index in [1.807, 2.05) is 18.4 Å². The van der Waals surface area contributed by atoms with Crippen molar-refractivity contribution in [3.63, 3.8) is 0 Å². The third-order valence-electron chi connectivity index (χ3n) is 3.14. The predicted octanol–water partition coefficient (Wildman–Crippen LogP) is 3.27. The first kappa shape index (κ1) is 13.5. The normalized spacial score (nSPS) is 17.5. The molecule has 1 fully saturated rings. The SMILES string of the molecule is CC(=NNC(=S)NC1CCCCC1)c1cccs1. The summed E-state index contributed by atoms with van der Waals surface area (Å²) >= 11 is 6.94. The van der Waals surface area contributed by atoms with E-state index in [2.05, 4.69) is 21.9 Å². The average Bonchev–Trinajstić information content (AvgIpc) is 2.91. The molecule has 1 aromatic rings. The van der Waals surface area contributed by atoms with Crippen LogP contribution in [0.3, 0.4) is 0 Å². The van der Waals surface area contributed by atoms with Crippen LogP contribution in [0.1, 0.15) is 43.9 Å². The molecule has 0 amide bonds. The summed E-state index contributed by atoms with van der Waals surface area (Å²) in [6.07, 6.45) is 6.40. The zero-order valence-electron chi connectivity index (χ0n) is 10.6. The molecule has 1 aromatic heterocycles. The van der Waals surface area contributed by atoms with E-state index < -0.39 is 0 Å². The second kappa shape index (κ2) is 6.85. The number of thiocarbonyl (C=S) groups is 1. The van der Waals surface area contributed by atoms with E-state index in [-0.39, 0.29) is 0 Å². The van der Waals surface area contributed by atoms with Crippen molar-refractivity contribution in [3.8, 4) is 0 Å². The van der Waals surface area contributed by atoms with Crippen LogP contribution in [0.25, 0.3) is 0 Å². The van der Waals surface area contributed by atoms with Crippen molar-refractivity contribution in [3.05, 3.63) is 22.4 Å². The standard InChI is InChI=1S/C13H19N3S2/c1-10(12-8-5-9-18-12)15-16-13(17)14-11-6-3-2-4-7-11/h5,8-9,11H,2-4,6-7H2,1H3,(H2,14,16,17). The molecule has 0 unspecified atom stereocenters. The van der Waals surface area contributed by atoms with Crippen molar-refractivity contribution >= 4 is 34.4 Å². The molecule has 0 aliphatic heterocycles. The lowest BCUT2D eigenvalue weighted by Gasteiger charge is -2.23. The van der Waals surface area contributed by atoms with Crippen LogP contribution in [0.5, 0.6) is 0 Å². The maximum atomic E-state index is 5.26. The van der Waals surface area contributed by atoms with E-state index in [4.69, 9.17) is 12.2 Å². The van der Waals surface area contributed by atoms with Crippen LogP contribution in [0.4, 0.5) is 0 Å². The number of thiophene rings is 1. The van der Waals surface area contributed by atoms with E-state index in [0.717, 1.165) is 5.71 Å². The number of hydrogen-bond acceptors (Lipinski definition) is 3. The Hall–Kier alpha value is -0.940. The molecule has 2 rings (SSSR count). The number of rotatable bonds is 3. The first-order valence-electron chi connectivity index (χ1n) is 6.40. The van der Waals surface area contributed by atoms with Gasteiger partial charge in [0.25, 0.3) is 0 Å². The highest BCUT2D eigenvalue weighted by Crippen LogP contribution is 2.17. The van der Waals surface area contributed by atoms with Crippen molar-refractivity contribution in [2.75, 3.05) is 0 Å². The lowest BCUT2D eigenvalue weighted by molar-refractivity contribution is 0.412. The highest BCUT2D eigenvalue weighted by Gasteiger charge is 2.13.